The number of carbonyl (C=O) groups is 1. The van der Waals surface area contributed by atoms with Crippen molar-refractivity contribution in [3.63, 3.8) is 0 Å². The number of rotatable bonds is 3. The highest BCUT2D eigenvalue weighted by atomic mass is 16.5. The van der Waals surface area contributed by atoms with Crippen LogP contribution in [0.2, 0.25) is 0 Å². The number of hydrogen-bond donors (Lipinski definition) is 0. The van der Waals surface area contributed by atoms with E-state index in [-0.39, 0.29) is 5.97 Å². The van der Waals surface area contributed by atoms with E-state index in [1.807, 2.05) is 19.9 Å². The molecular formula is C9H16O2. The molecule has 64 valence electrons. The smallest absolute Gasteiger partial charge is 0.333 e. The third-order valence-corrected chi connectivity index (χ3v) is 1.18. The lowest BCUT2D eigenvalue weighted by atomic mass is 10.1. The summed E-state index contributed by atoms with van der Waals surface area (Å²) in [5.74, 6) is 0.195. The predicted octanol–water partition coefficient (Wildman–Crippen LogP) is 2.15. The lowest BCUT2D eigenvalue weighted by Crippen LogP contribution is -2.05. The molecule has 0 saturated carbocycles. The molecule has 2 nitrogen and oxygen atoms in total. The van der Waals surface area contributed by atoms with Crippen molar-refractivity contribution in [1.29, 1.82) is 0 Å². The Balaban J connectivity index is 4.01. The summed E-state index contributed by atoms with van der Waals surface area (Å²) in [4.78, 5) is 11.0. The van der Waals surface area contributed by atoms with E-state index in [1.165, 1.54) is 0 Å². The summed E-state index contributed by atoms with van der Waals surface area (Å²) in [6, 6.07) is 0. The molecule has 0 aliphatic heterocycles. The van der Waals surface area contributed by atoms with Crippen molar-refractivity contribution >= 4 is 5.97 Å². The fraction of sp³-hybridized carbons (Fsp3) is 0.667. The maximum atomic E-state index is 11.0. The molecule has 0 atom stereocenters. The minimum Gasteiger partial charge on any atom is -0.463 e. The Morgan fingerprint density at radius 2 is 2.09 bits per heavy atom. The van der Waals surface area contributed by atoms with Crippen molar-refractivity contribution in [3.8, 4) is 0 Å². The van der Waals surface area contributed by atoms with Crippen LogP contribution < -0.4 is 0 Å². The molecule has 0 amide bonds. The van der Waals surface area contributed by atoms with E-state index in [9.17, 15) is 4.79 Å². The van der Waals surface area contributed by atoms with Gasteiger partial charge in [0.2, 0.25) is 0 Å². The van der Waals surface area contributed by atoms with Gasteiger partial charge in [-0.2, -0.15) is 0 Å². The van der Waals surface area contributed by atoms with Crippen LogP contribution in [0.3, 0.4) is 0 Å². The average molecular weight is 156 g/mol. The monoisotopic (exact) mass is 156 g/mol. The number of esters is 1. The summed E-state index contributed by atoms with van der Waals surface area (Å²) < 4.78 is 4.80. The van der Waals surface area contributed by atoms with E-state index in [4.69, 9.17) is 4.74 Å². The summed E-state index contributed by atoms with van der Waals surface area (Å²) in [7, 11) is 0. The SMILES string of the molecule is CCOC(=O)/C(C)=C\C(C)C. The Kier molecular flexibility index (Phi) is 4.59. The quantitative estimate of drug-likeness (QED) is 0.462. The highest BCUT2D eigenvalue weighted by Crippen LogP contribution is 2.02. The zero-order chi connectivity index (χ0) is 8.85. The van der Waals surface area contributed by atoms with E-state index in [0.29, 0.717) is 18.1 Å². The second-order valence-electron chi connectivity index (χ2n) is 2.81. The van der Waals surface area contributed by atoms with Gasteiger partial charge in [-0.15, -0.1) is 0 Å². The molecule has 0 heterocycles. The fourth-order valence-electron chi connectivity index (χ4n) is 0.813. The molecule has 0 aromatic rings. The Morgan fingerprint density at radius 1 is 1.55 bits per heavy atom. The van der Waals surface area contributed by atoms with Crippen molar-refractivity contribution in [3.05, 3.63) is 11.6 Å². The van der Waals surface area contributed by atoms with Crippen molar-refractivity contribution in [2.75, 3.05) is 6.61 Å². The van der Waals surface area contributed by atoms with Gasteiger partial charge in [-0.05, 0) is 19.8 Å². The Hall–Kier alpha value is -0.790. The van der Waals surface area contributed by atoms with Gasteiger partial charge < -0.3 is 4.74 Å². The number of ether oxygens (including phenoxy) is 1. The van der Waals surface area contributed by atoms with Crippen LogP contribution in [0.5, 0.6) is 0 Å². The molecular weight excluding hydrogens is 140 g/mol. The molecule has 11 heavy (non-hydrogen) atoms. The van der Waals surface area contributed by atoms with Crippen molar-refractivity contribution in [2.24, 2.45) is 5.92 Å². The highest BCUT2D eigenvalue weighted by molar-refractivity contribution is 5.87. The molecule has 0 aliphatic rings. The van der Waals surface area contributed by atoms with Gasteiger partial charge in [0.15, 0.2) is 0 Å². The maximum Gasteiger partial charge on any atom is 0.333 e. The lowest BCUT2D eigenvalue weighted by Gasteiger charge is -2.02. The van der Waals surface area contributed by atoms with Crippen LogP contribution >= 0.6 is 0 Å². The van der Waals surface area contributed by atoms with E-state index >= 15 is 0 Å². The van der Waals surface area contributed by atoms with Gasteiger partial charge in [-0.25, -0.2) is 4.79 Å². The van der Waals surface area contributed by atoms with Crippen LogP contribution in [0.25, 0.3) is 0 Å². The first-order valence-corrected chi connectivity index (χ1v) is 3.93. The molecule has 0 aromatic heterocycles. The predicted molar refractivity (Wildman–Crippen MR) is 45.2 cm³/mol. The zero-order valence-corrected chi connectivity index (χ0v) is 7.68. The number of hydrogen-bond acceptors (Lipinski definition) is 2. The standard InChI is InChI=1S/C9H16O2/c1-5-11-9(10)8(4)6-7(2)3/h6-7H,5H2,1-4H3/b8-6-. The van der Waals surface area contributed by atoms with Gasteiger partial charge in [-0.1, -0.05) is 19.9 Å². The normalized spacial score (nSPS) is 11.9. The molecule has 0 saturated heterocycles. The molecule has 0 unspecified atom stereocenters. The molecule has 0 fully saturated rings. The third-order valence-electron chi connectivity index (χ3n) is 1.18. The first-order valence-electron chi connectivity index (χ1n) is 3.93. The largest absolute Gasteiger partial charge is 0.463 e. The van der Waals surface area contributed by atoms with E-state index in [1.54, 1.807) is 13.8 Å². The van der Waals surface area contributed by atoms with Gasteiger partial charge in [0.1, 0.15) is 0 Å². The molecule has 0 spiro atoms. The summed E-state index contributed by atoms with van der Waals surface area (Å²) in [6.45, 7) is 8.09. The van der Waals surface area contributed by atoms with Gasteiger partial charge in [-0.3, -0.25) is 0 Å². The van der Waals surface area contributed by atoms with E-state index < -0.39 is 0 Å². The Labute approximate surface area is 68.2 Å². The van der Waals surface area contributed by atoms with Crippen molar-refractivity contribution in [1.82, 2.24) is 0 Å². The fourth-order valence-corrected chi connectivity index (χ4v) is 0.813. The second kappa shape index (κ2) is 4.94. The first kappa shape index (κ1) is 10.2. The second-order valence-corrected chi connectivity index (χ2v) is 2.81. The summed E-state index contributed by atoms with van der Waals surface area (Å²) in [5, 5.41) is 0. The summed E-state index contributed by atoms with van der Waals surface area (Å²) in [6.07, 6.45) is 1.90. The molecule has 0 aromatic carbocycles. The average Bonchev–Trinajstić information content (AvgIpc) is 1.86. The lowest BCUT2D eigenvalue weighted by molar-refractivity contribution is -0.138. The number of allylic oxidation sites excluding steroid dienone is 1. The minimum absolute atomic E-state index is 0.207. The molecule has 0 aliphatic carbocycles. The minimum atomic E-state index is -0.207. The van der Waals surface area contributed by atoms with Crippen LogP contribution in [0.4, 0.5) is 0 Å². The van der Waals surface area contributed by atoms with Gasteiger partial charge in [0.25, 0.3) is 0 Å². The molecule has 0 N–H and O–H groups in total. The summed E-state index contributed by atoms with van der Waals surface area (Å²) in [5.41, 5.74) is 0.696. The van der Waals surface area contributed by atoms with Crippen LogP contribution in [0.1, 0.15) is 27.7 Å². The molecule has 0 rings (SSSR count). The zero-order valence-electron chi connectivity index (χ0n) is 7.68. The summed E-state index contributed by atoms with van der Waals surface area (Å²) >= 11 is 0. The maximum absolute atomic E-state index is 11.0. The topological polar surface area (TPSA) is 26.3 Å². The van der Waals surface area contributed by atoms with Crippen LogP contribution in [0.15, 0.2) is 11.6 Å². The van der Waals surface area contributed by atoms with Crippen LogP contribution in [-0.4, -0.2) is 12.6 Å². The molecule has 2 heteroatoms. The van der Waals surface area contributed by atoms with Gasteiger partial charge in [0.05, 0.1) is 6.61 Å². The van der Waals surface area contributed by atoms with E-state index in [2.05, 4.69) is 0 Å². The van der Waals surface area contributed by atoms with Crippen molar-refractivity contribution < 1.29 is 9.53 Å². The van der Waals surface area contributed by atoms with Crippen LogP contribution in [0, 0.1) is 5.92 Å². The van der Waals surface area contributed by atoms with Gasteiger partial charge >= 0.3 is 5.97 Å². The van der Waals surface area contributed by atoms with Crippen LogP contribution in [-0.2, 0) is 9.53 Å². The Bertz CT molecular complexity index is 157. The van der Waals surface area contributed by atoms with E-state index in [0.717, 1.165) is 0 Å². The van der Waals surface area contributed by atoms with Gasteiger partial charge in [0, 0.05) is 5.57 Å². The Morgan fingerprint density at radius 3 is 2.45 bits per heavy atom. The highest BCUT2D eigenvalue weighted by Gasteiger charge is 2.03. The number of carbonyl (C=O) groups excluding carboxylic acids is 1. The molecule has 0 bridgehead atoms. The molecule has 0 radical (unpaired) electrons. The third kappa shape index (κ3) is 4.59. The first-order chi connectivity index (χ1) is 5.07. The van der Waals surface area contributed by atoms with Crippen molar-refractivity contribution in [2.45, 2.75) is 27.7 Å².